The zero-order valence-corrected chi connectivity index (χ0v) is 9.98. The number of rotatable bonds is 2. The van der Waals surface area contributed by atoms with E-state index < -0.39 is 0 Å². The van der Waals surface area contributed by atoms with E-state index in [9.17, 15) is 0 Å². The van der Waals surface area contributed by atoms with Crippen LogP contribution in [0.5, 0.6) is 0 Å². The van der Waals surface area contributed by atoms with Crippen molar-refractivity contribution in [1.82, 2.24) is 9.78 Å². The van der Waals surface area contributed by atoms with Crippen molar-refractivity contribution >= 4 is 21.6 Å². The number of hydrogen-bond acceptors (Lipinski definition) is 2. The third kappa shape index (κ3) is 2.21. The lowest BCUT2D eigenvalue weighted by molar-refractivity contribution is 0.564. The Morgan fingerprint density at radius 1 is 1.33 bits per heavy atom. The van der Waals surface area contributed by atoms with Gasteiger partial charge >= 0.3 is 0 Å². The molecule has 0 amide bonds. The highest BCUT2D eigenvalue weighted by atomic mass is 79.9. The van der Waals surface area contributed by atoms with Crippen LogP contribution in [0.2, 0.25) is 0 Å². The van der Waals surface area contributed by atoms with Gasteiger partial charge in [0.15, 0.2) is 0 Å². The highest BCUT2D eigenvalue weighted by Gasteiger charge is 2.08. The second kappa shape index (κ2) is 4.06. The first-order valence-electron chi connectivity index (χ1n) is 4.72. The molecule has 4 heteroatoms. The summed E-state index contributed by atoms with van der Waals surface area (Å²) in [5.74, 6) is 0. The van der Waals surface area contributed by atoms with Gasteiger partial charge in [-0.1, -0.05) is 12.1 Å². The lowest BCUT2D eigenvalue weighted by Crippen LogP contribution is -2.06. The molecule has 0 aliphatic carbocycles. The van der Waals surface area contributed by atoms with E-state index in [0.717, 1.165) is 10.2 Å². The predicted octanol–water partition coefficient (Wildman–Crippen LogP) is 2.84. The molecular formula is C11H12BrN3. The molecule has 0 saturated carbocycles. The maximum Gasteiger partial charge on any atom is 0.0740 e. The molecule has 1 atom stereocenters. The molecule has 1 aromatic heterocycles. The molecule has 0 saturated heterocycles. The monoisotopic (exact) mass is 265 g/mol. The van der Waals surface area contributed by atoms with Crippen molar-refractivity contribution in [3.05, 3.63) is 46.7 Å². The van der Waals surface area contributed by atoms with E-state index in [4.69, 9.17) is 5.73 Å². The van der Waals surface area contributed by atoms with Gasteiger partial charge in [0.2, 0.25) is 0 Å². The normalized spacial score (nSPS) is 12.7. The van der Waals surface area contributed by atoms with Gasteiger partial charge in [0.05, 0.1) is 16.7 Å². The van der Waals surface area contributed by atoms with E-state index in [1.54, 1.807) is 6.20 Å². The summed E-state index contributed by atoms with van der Waals surface area (Å²) in [6.07, 6.45) is 3.74. The number of nitrogens with zero attached hydrogens (tertiary/aromatic N) is 2. The second-order valence-electron chi connectivity index (χ2n) is 3.48. The Labute approximate surface area is 97.0 Å². The first kappa shape index (κ1) is 10.2. The van der Waals surface area contributed by atoms with Crippen molar-refractivity contribution in [1.29, 1.82) is 0 Å². The van der Waals surface area contributed by atoms with Gasteiger partial charge in [-0.3, -0.25) is 4.68 Å². The van der Waals surface area contributed by atoms with E-state index in [1.165, 1.54) is 5.56 Å². The topological polar surface area (TPSA) is 43.8 Å². The van der Waals surface area contributed by atoms with Crippen LogP contribution >= 0.6 is 15.9 Å². The van der Waals surface area contributed by atoms with Crippen LogP contribution in [0, 0.1) is 0 Å². The zero-order valence-electron chi connectivity index (χ0n) is 8.39. The molecule has 2 N–H and O–H groups in total. The number of benzene rings is 1. The summed E-state index contributed by atoms with van der Waals surface area (Å²) in [5.41, 5.74) is 7.62. The molecule has 0 aliphatic rings. The van der Waals surface area contributed by atoms with Gasteiger partial charge in [-0.25, -0.2) is 0 Å². The molecule has 0 aliphatic heterocycles. The lowest BCUT2D eigenvalue weighted by Gasteiger charge is -2.12. The molecular weight excluding hydrogens is 254 g/mol. The fourth-order valence-corrected chi connectivity index (χ4v) is 1.76. The molecule has 0 fully saturated rings. The minimum atomic E-state index is 0.219. The van der Waals surface area contributed by atoms with Crippen LogP contribution in [0.25, 0.3) is 0 Å². The van der Waals surface area contributed by atoms with E-state index in [-0.39, 0.29) is 6.04 Å². The van der Waals surface area contributed by atoms with Crippen LogP contribution in [0.1, 0.15) is 18.5 Å². The number of anilines is 1. The van der Waals surface area contributed by atoms with E-state index >= 15 is 0 Å². The number of nitrogen functional groups attached to an aromatic ring is 1. The summed E-state index contributed by atoms with van der Waals surface area (Å²) in [6.45, 7) is 2.10. The lowest BCUT2D eigenvalue weighted by atomic mass is 10.1. The maximum atomic E-state index is 5.64. The Hall–Kier alpha value is -1.29. The fourth-order valence-electron chi connectivity index (χ4n) is 1.45. The number of aromatic nitrogens is 2. The number of halogens is 1. The average molecular weight is 266 g/mol. The van der Waals surface area contributed by atoms with Crippen LogP contribution in [0.15, 0.2) is 41.1 Å². The van der Waals surface area contributed by atoms with Crippen molar-refractivity contribution in [2.75, 3.05) is 5.73 Å². The molecule has 15 heavy (non-hydrogen) atoms. The van der Waals surface area contributed by atoms with Gasteiger partial charge in [0.1, 0.15) is 0 Å². The van der Waals surface area contributed by atoms with Crippen molar-refractivity contribution in [3.63, 3.8) is 0 Å². The third-order valence-corrected chi connectivity index (χ3v) is 2.80. The van der Waals surface area contributed by atoms with Gasteiger partial charge < -0.3 is 5.73 Å². The molecule has 1 heterocycles. The molecule has 1 unspecified atom stereocenters. The molecule has 3 nitrogen and oxygen atoms in total. The Morgan fingerprint density at radius 3 is 2.53 bits per heavy atom. The van der Waals surface area contributed by atoms with Gasteiger partial charge in [0, 0.05) is 11.9 Å². The first-order valence-corrected chi connectivity index (χ1v) is 5.51. The van der Waals surface area contributed by atoms with Crippen LogP contribution < -0.4 is 5.73 Å². The highest BCUT2D eigenvalue weighted by molar-refractivity contribution is 9.10. The van der Waals surface area contributed by atoms with Crippen LogP contribution in [-0.4, -0.2) is 9.78 Å². The van der Waals surface area contributed by atoms with Crippen LogP contribution in [0.4, 0.5) is 5.69 Å². The van der Waals surface area contributed by atoms with E-state index in [2.05, 4.69) is 28.0 Å². The van der Waals surface area contributed by atoms with Crippen molar-refractivity contribution in [3.8, 4) is 0 Å². The smallest absolute Gasteiger partial charge is 0.0740 e. The summed E-state index contributed by atoms with van der Waals surface area (Å²) >= 11 is 3.38. The number of nitrogens with two attached hydrogens (primary N) is 1. The molecule has 2 rings (SSSR count). The molecule has 1 aromatic carbocycles. The van der Waals surface area contributed by atoms with Crippen molar-refractivity contribution < 1.29 is 0 Å². The van der Waals surface area contributed by atoms with Gasteiger partial charge in [-0.2, -0.15) is 5.10 Å². The first-order chi connectivity index (χ1) is 7.16. The third-order valence-electron chi connectivity index (χ3n) is 2.39. The standard InChI is InChI=1S/C11H12BrN3/c1-8(15-7-10(12)6-14-15)9-2-4-11(13)5-3-9/h2-8H,13H2,1H3. The fraction of sp³-hybridized carbons (Fsp3) is 0.182. The molecule has 78 valence electrons. The minimum absolute atomic E-state index is 0.219. The Morgan fingerprint density at radius 2 is 2.00 bits per heavy atom. The molecule has 2 aromatic rings. The molecule has 0 radical (unpaired) electrons. The summed E-state index contributed by atoms with van der Waals surface area (Å²) in [6, 6.07) is 8.08. The van der Waals surface area contributed by atoms with Crippen molar-refractivity contribution in [2.24, 2.45) is 0 Å². The summed E-state index contributed by atoms with van der Waals surface area (Å²) < 4.78 is 2.90. The molecule has 0 spiro atoms. The van der Waals surface area contributed by atoms with Crippen LogP contribution in [-0.2, 0) is 0 Å². The Balaban J connectivity index is 2.28. The summed E-state index contributed by atoms with van der Waals surface area (Å²) in [4.78, 5) is 0. The predicted molar refractivity (Wildman–Crippen MR) is 64.6 cm³/mol. The summed E-state index contributed by atoms with van der Waals surface area (Å²) in [5, 5.41) is 4.25. The van der Waals surface area contributed by atoms with Gasteiger partial charge in [-0.05, 0) is 40.5 Å². The van der Waals surface area contributed by atoms with Gasteiger partial charge in [0.25, 0.3) is 0 Å². The SMILES string of the molecule is CC(c1ccc(N)cc1)n1cc(Br)cn1. The van der Waals surface area contributed by atoms with Crippen molar-refractivity contribution in [2.45, 2.75) is 13.0 Å². The Kier molecular flexibility index (Phi) is 2.77. The van der Waals surface area contributed by atoms with Crippen LogP contribution in [0.3, 0.4) is 0 Å². The largest absolute Gasteiger partial charge is 0.399 e. The van der Waals surface area contributed by atoms with E-state index in [1.807, 2.05) is 35.1 Å². The summed E-state index contributed by atoms with van der Waals surface area (Å²) in [7, 11) is 0. The molecule has 0 bridgehead atoms. The highest BCUT2D eigenvalue weighted by Crippen LogP contribution is 2.19. The Bertz CT molecular complexity index is 447. The zero-order chi connectivity index (χ0) is 10.8. The number of hydrogen-bond donors (Lipinski definition) is 1. The average Bonchev–Trinajstić information content (AvgIpc) is 2.65. The van der Waals surface area contributed by atoms with E-state index in [0.29, 0.717) is 0 Å². The second-order valence-corrected chi connectivity index (χ2v) is 4.40. The maximum absolute atomic E-state index is 5.64. The quantitative estimate of drug-likeness (QED) is 0.849. The minimum Gasteiger partial charge on any atom is -0.399 e. The van der Waals surface area contributed by atoms with Gasteiger partial charge in [-0.15, -0.1) is 0 Å².